The average Bonchev–Trinajstić information content (AvgIpc) is 2.54. The van der Waals surface area contributed by atoms with Crippen LogP contribution in [-0.2, 0) is 0 Å². The molecule has 0 atom stereocenters. The monoisotopic (exact) mass is 350 g/mol. The molecule has 0 amide bonds. The van der Waals surface area contributed by atoms with Crippen LogP contribution in [0.5, 0.6) is 0 Å². The molecular formula is C11H6N6O8. The second-order valence-corrected chi connectivity index (χ2v) is 4.41. The average molecular weight is 350 g/mol. The quantitative estimate of drug-likeness (QED) is 0.596. The minimum atomic E-state index is -1.03. The smallest absolute Gasteiger partial charge is 0.306 e. The fourth-order valence-corrected chi connectivity index (χ4v) is 1.81. The number of anilines is 2. The van der Waals surface area contributed by atoms with Gasteiger partial charge in [-0.1, -0.05) is 0 Å². The lowest BCUT2D eigenvalue weighted by atomic mass is 10.2. The zero-order chi connectivity index (χ0) is 18.7. The maximum Gasteiger partial charge on any atom is 0.306 e. The second kappa shape index (κ2) is 6.49. The zero-order valence-corrected chi connectivity index (χ0v) is 11.9. The Morgan fingerprint density at radius 1 is 0.760 bits per heavy atom. The van der Waals surface area contributed by atoms with Gasteiger partial charge in [-0.25, -0.2) is 4.98 Å². The van der Waals surface area contributed by atoms with Crippen molar-refractivity contribution in [2.24, 2.45) is 0 Å². The van der Waals surface area contributed by atoms with E-state index < -0.39 is 42.4 Å². The molecule has 0 spiro atoms. The van der Waals surface area contributed by atoms with Crippen LogP contribution >= 0.6 is 0 Å². The Kier molecular flexibility index (Phi) is 4.44. The summed E-state index contributed by atoms with van der Waals surface area (Å²) in [7, 11) is 0. The Hall–Kier alpha value is -4.23. The van der Waals surface area contributed by atoms with Crippen LogP contribution in [-0.4, -0.2) is 24.7 Å². The molecule has 128 valence electrons. The molecule has 0 aliphatic carbocycles. The van der Waals surface area contributed by atoms with Gasteiger partial charge >= 0.3 is 11.4 Å². The van der Waals surface area contributed by atoms with Crippen molar-refractivity contribution in [1.29, 1.82) is 0 Å². The number of non-ortho nitro benzene ring substituents is 1. The van der Waals surface area contributed by atoms with E-state index in [0.717, 1.165) is 18.3 Å². The van der Waals surface area contributed by atoms with Gasteiger partial charge in [0.15, 0.2) is 5.69 Å². The van der Waals surface area contributed by atoms with Crippen LogP contribution in [0.3, 0.4) is 0 Å². The van der Waals surface area contributed by atoms with Crippen molar-refractivity contribution in [2.45, 2.75) is 0 Å². The third-order valence-corrected chi connectivity index (χ3v) is 2.90. The number of nitro groups is 4. The number of hydrogen-bond donors (Lipinski definition) is 1. The van der Waals surface area contributed by atoms with Crippen LogP contribution in [0.15, 0.2) is 30.5 Å². The molecule has 2 aromatic rings. The van der Waals surface area contributed by atoms with Gasteiger partial charge in [-0.2, -0.15) is 0 Å². The normalized spacial score (nSPS) is 10.1. The van der Waals surface area contributed by atoms with Gasteiger partial charge in [0.1, 0.15) is 12.0 Å². The van der Waals surface area contributed by atoms with Gasteiger partial charge in [0.05, 0.1) is 31.8 Å². The fourth-order valence-electron chi connectivity index (χ4n) is 1.81. The molecule has 14 heteroatoms. The Morgan fingerprint density at radius 2 is 1.28 bits per heavy atom. The highest BCUT2D eigenvalue weighted by atomic mass is 16.6. The molecule has 25 heavy (non-hydrogen) atoms. The minimum Gasteiger partial charge on any atom is -0.329 e. The largest absolute Gasteiger partial charge is 0.329 e. The summed E-state index contributed by atoms with van der Waals surface area (Å²) in [5, 5.41) is 45.9. The van der Waals surface area contributed by atoms with E-state index in [1.54, 1.807) is 0 Å². The molecule has 0 aliphatic rings. The predicted molar refractivity (Wildman–Crippen MR) is 80.6 cm³/mol. The van der Waals surface area contributed by atoms with Crippen LogP contribution in [0.25, 0.3) is 0 Å². The Balaban J connectivity index is 2.58. The predicted octanol–water partition coefficient (Wildman–Crippen LogP) is 2.46. The first-order valence-corrected chi connectivity index (χ1v) is 6.19. The number of aromatic nitrogens is 1. The van der Waals surface area contributed by atoms with Gasteiger partial charge in [-0.15, -0.1) is 0 Å². The summed E-state index contributed by atoms with van der Waals surface area (Å²) in [6, 6.07) is 3.22. The lowest BCUT2D eigenvalue weighted by Crippen LogP contribution is -2.04. The van der Waals surface area contributed by atoms with E-state index in [0.29, 0.717) is 12.1 Å². The molecule has 1 aromatic carbocycles. The van der Waals surface area contributed by atoms with Gasteiger partial charge in [-0.05, 0) is 6.07 Å². The molecule has 0 radical (unpaired) electrons. The number of pyridine rings is 1. The highest BCUT2D eigenvalue weighted by molar-refractivity contribution is 5.80. The maximum atomic E-state index is 11.1. The molecule has 0 aliphatic heterocycles. The summed E-state index contributed by atoms with van der Waals surface area (Å²) in [5.41, 5.74) is -3.66. The molecule has 0 saturated heterocycles. The van der Waals surface area contributed by atoms with E-state index in [-0.39, 0.29) is 11.5 Å². The van der Waals surface area contributed by atoms with E-state index in [1.807, 2.05) is 0 Å². The van der Waals surface area contributed by atoms with Crippen LogP contribution in [0, 0.1) is 40.5 Å². The van der Waals surface area contributed by atoms with Gasteiger partial charge in [0.2, 0.25) is 0 Å². The minimum absolute atomic E-state index is 0.161. The van der Waals surface area contributed by atoms with E-state index in [1.165, 1.54) is 0 Å². The third kappa shape index (κ3) is 3.58. The number of nitrogens with one attached hydrogen (secondary N) is 1. The Morgan fingerprint density at radius 3 is 1.64 bits per heavy atom. The van der Waals surface area contributed by atoms with Crippen LogP contribution in [0.4, 0.5) is 34.3 Å². The molecule has 0 saturated carbocycles. The molecular weight excluding hydrogens is 344 g/mol. The maximum absolute atomic E-state index is 11.1. The summed E-state index contributed by atoms with van der Waals surface area (Å²) in [6.07, 6.45) is 0.839. The molecule has 14 nitrogen and oxygen atoms in total. The third-order valence-electron chi connectivity index (χ3n) is 2.90. The van der Waals surface area contributed by atoms with E-state index in [9.17, 15) is 40.5 Å². The van der Waals surface area contributed by atoms with Gasteiger partial charge in [-0.3, -0.25) is 40.5 Å². The van der Waals surface area contributed by atoms with E-state index >= 15 is 0 Å². The van der Waals surface area contributed by atoms with Crippen LogP contribution < -0.4 is 5.32 Å². The van der Waals surface area contributed by atoms with Crippen molar-refractivity contribution in [3.63, 3.8) is 0 Å². The molecule has 1 N–H and O–H groups in total. The van der Waals surface area contributed by atoms with Gasteiger partial charge in [0.25, 0.3) is 11.4 Å². The lowest BCUT2D eigenvalue weighted by Gasteiger charge is -2.07. The molecule has 0 bridgehead atoms. The molecule has 2 rings (SSSR count). The van der Waals surface area contributed by atoms with Crippen molar-refractivity contribution < 1.29 is 19.7 Å². The molecule has 0 fully saturated rings. The summed E-state index contributed by atoms with van der Waals surface area (Å²) in [5.74, 6) is -0.161. The number of nitrogens with zero attached hydrogens (tertiary/aromatic N) is 5. The van der Waals surface area contributed by atoms with Crippen LogP contribution in [0.2, 0.25) is 0 Å². The highest BCUT2D eigenvalue weighted by Crippen LogP contribution is 2.39. The topological polar surface area (TPSA) is 197 Å². The van der Waals surface area contributed by atoms with Crippen molar-refractivity contribution in [3.8, 4) is 0 Å². The first-order valence-electron chi connectivity index (χ1n) is 6.19. The molecule has 1 heterocycles. The summed E-state index contributed by atoms with van der Waals surface area (Å²) >= 11 is 0. The zero-order valence-electron chi connectivity index (χ0n) is 11.9. The fraction of sp³-hybridized carbons (Fsp3) is 0. The van der Waals surface area contributed by atoms with Crippen LogP contribution in [0.1, 0.15) is 0 Å². The first kappa shape index (κ1) is 17.1. The van der Waals surface area contributed by atoms with E-state index in [4.69, 9.17) is 0 Å². The molecule has 1 aromatic heterocycles. The SMILES string of the molecule is O=[N+]([O-])c1ccc(Nc2c([N+](=O)[O-])cc([N+](=O)[O-])cc2[N+](=O)[O-])nc1. The summed E-state index contributed by atoms with van der Waals surface area (Å²) in [4.78, 5) is 43.4. The van der Waals surface area contributed by atoms with Gasteiger partial charge < -0.3 is 5.32 Å². The number of hydrogen-bond acceptors (Lipinski definition) is 10. The first-order chi connectivity index (χ1) is 11.7. The van der Waals surface area contributed by atoms with Crippen molar-refractivity contribution in [3.05, 3.63) is 70.9 Å². The number of nitro benzene ring substituents is 3. The second-order valence-electron chi connectivity index (χ2n) is 4.41. The highest BCUT2D eigenvalue weighted by Gasteiger charge is 2.31. The van der Waals surface area contributed by atoms with Gasteiger partial charge in [0, 0.05) is 6.07 Å². The number of benzene rings is 1. The summed E-state index contributed by atoms with van der Waals surface area (Å²) in [6.45, 7) is 0. The standard InChI is InChI=1S/C11H6N6O8/c18-14(19)6-1-2-10(12-5-6)13-11-8(16(22)23)3-7(15(20)21)4-9(11)17(24)25/h1-5H,(H,12,13). The molecule has 0 unspecified atom stereocenters. The van der Waals surface area contributed by atoms with E-state index in [2.05, 4.69) is 10.3 Å². The Labute approximate surface area is 136 Å². The van der Waals surface area contributed by atoms with Crippen molar-refractivity contribution in [1.82, 2.24) is 4.98 Å². The number of rotatable bonds is 6. The Bertz CT molecular complexity index is 861. The van der Waals surface area contributed by atoms with Crippen molar-refractivity contribution >= 4 is 34.3 Å². The van der Waals surface area contributed by atoms with Crippen molar-refractivity contribution in [2.75, 3.05) is 5.32 Å². The lowest BCUT2D eigenvalue weighted by molar-refractivity contribution is -0.401. The summed E-state index contributed by atoms with van der Waals surface area (Å²) < 4.78 is 0.